The third-order valence-electron chi connectivity index (χ3n) is 4.03. The molecule has 1 aromatic heterocycles. The molecule has 3 aromatic rings. The van der Waals surface area contributed by atoms with Gasteiger partial charge < -0.3 is 15.0 Å². The molecule has 0 radical (unpaired) electrons. The van der Waals surface area contributed by atoms with Crippen LogP contribution in [0.15, 0.2) is 48.5 Å². The van der Waals surface area contributed by atoms with Crippen LogP contribution >= 0.6 is 0 Å². The summed E-state index contributed by atoms with van der Waals surface area (Å²) in [5.41, 5.74) is 3.17. The molecule has 0 bridgehead atoms. The molecule has 116 valence electrons. The average Bonchev–Trinajstić information content (AvgIpc) is 3.24. The monoisotopic (exact) mass is 307 g/mol. The van der Waals surface area contributed by atoms with Crippen LogP contribution in [0.4, 0.5) is 5.69 Å². The van der Waals surface area contributed by atoms with Crippen LogP contribution in [0, 0.1) is 0 Å². The van der Waals surface area contributed by atoms with Gasteiger partial charge in [-0.25, -0.2) is 4.98 Å². The van der Waals surface area contributed by atoms with Gasteiger partial charge in [0, 0.05) is 17.9 Å². The third-order valence-corrected chi connectivity index (χ3v) is 4.03. The normalized spacial score (nSPS) is 17.5. The van der Waals surface area contributed by atoms with Gasteiger partial charge in [-0.3, -0.25) is 4.79 Å². The summed E-state index contributed by atoms with van der Waals surface area (Å²) in [4.78, 5) is 20.1. The summed E-state index contributed by atoms with van der Waals surface area (Å²) in [7, 11) is 0. The van der Waals surface area contributed by atoms with Crippen LogP contribution in [-0.4, -0.2) is 22.5 Å². The lowest BCUT2D eigenvalue weighted by molar-refractivity contribution is 0.102. The second kappa shape index (κ2) is 5.85. The van der Waals surface area contributed by atoms with Crippen LogP contribution in [0.2, 0.25) is 0 Å². The van der Waals surface area contributed by atoms with Crippen LogP contribution in [0.1, 0.15) is 35.1 Å². The number of nitrogens with zero attached hydrogens (tertiary/aromatic N) is 1. The van der Waals surface area contributed by atoms with E-state index in [0.29, 0.717) is 5.56 Å². The largest absolute Gasteiger partial charge is 0.370 e. The molecule has 2 aromatic carbocycles. The van der Waals surface area contributed by atoms with E-state index in [0.717, 1.165) is 42.0 Å². The quantitative estimate of drug-likeness (QED) is 0.776. The minimum absolute atomic E-state index is 0.0600. The van der Waals surface area contributed by atoms with E-state index in [1.54, 1.807) is 12.1 Å². The van der Waals surface area contributed by atoms with E-state index in [2.05, 4.69) is 15.3 Å². The van der Waals surface area contributed by atoms with Crippen molar-refractivity contribution in [2.75, 3.05) is 11.9 Å². The zero-order valence-corrected chi connectivity index (χ0v) is 12.6. The highest BCUT2D eigenvalue weighted by Gasteiger charge is 2.21. The lowest BCUT2D eigenvalue weighted by Crippen LogP contribution is -2.11. The fourth-order valence-electron chi connectivity index (χ4n) is 2.85. The predicted molar refractivity (Wildman–Crippen MR) is 88.4 cm³/mol. The van der Waals surface area contributed by atoms with Gasteiger partial charge in [0.1, 0.15) is 11.9 Å². The number of benzene rings is 2. The number of aromatic nitrogens is 2. The fourth-order valence-corrected chi connectivity index (χ4v) is 2.85. The number of imidazole rings is 1. The maximum atomic E-state index is 12.2. The minimum atomic E-state index is -0.121. The number of ether oxygens (including phenoxy) is 1. The van der Waals surface area contributed by atoms with Crippen molar-refractivity contribution in [1.29, 1.82) is 0 Å². The van der Waals surface area contributed by atoms with Gasteiger partial charge in [-0.1, -0.05) is 18.2 Å². The number of hydrogen-bond acceptors (Lipinski definition) is 3. The first-order chi connectivity index (χ1) is 11.3. The Morgan fingerprint density at radius 2 is 2.09 bits per heavy atom. The Morgan fingerprint density at radius 1 is 1.22 bits per heavy atom. The Hall–Kier alpha value is -2.66. The summed E-state index contributed by atoms with van der Waals surface area (Å²) in [5.74, 6) is 0.743. The first kappa shape index (κ1) is 14.0. The van der Waals surface area contributed by atoms with E-state index in [9.17, 15) is 4.79 Å². The Morgan fingerprint density at radius 3 is 2.87 bits per heavy atom. The van der Waals surface area contributed by atoms with Crippen molar-refractivity contribution in [3.63, 3.8) is 0 Å². The summed E-state index contributed by atoms with van der Waals surface area (Å²) in [5, 5.41) is 2.91. The van der Waals surface area contributed by atoms with E-state index >= 15 is 0 Å². The second-order valence-corrected chi connectivity index (χ2v) is 5.68. The highest BCUT2D eigenvalue weighted by molar-refractivity contribution is 6.04. The van der Waals surface area contributed by atoms with Crippen LogP contribution in [-0.2, 0) is 4.74 Å². The van der Waals surface area contributed by atoms with E-state index in [-0.39, 0.29) is 12.0 Å². The van der Waals surface area contributed by atoms with Gasteiger partial charge in [-0.05, 0) is 43.2 Å². The first-order valence-corrected chi connectivity index (χ1v) is 7.77. The molecule has 5 nitrogen and oxygen atoms in total. The summed E-state index contributed by atoms with van der Waals surface area (Å²) < 4.78 is 5.66. The molecule has 0 aliphatic carbocycles. The van der Waals surface area contributed by atoms with Crippen LogP contribution in [0.25, 0.3) is 11.0 Å². The molecule has 1 aliphatic rings. The van der Waals surface area contributed by atoms with Crippen molar-refractivity contribution >= 4 is 22.6 Å². The average molecular weight is 307 g/mol. The molecule has 1 atom stereocenters. The van der Waals surface area contributed by atoms with Crippen molar-refractivity contribution in [3.05, 3.63) is 59.9 Å². The smallest absolute Gasteiger partial charge is 0.255 e. The number of amides is 1. The first-order valence-electron chi connectivity index (χ1n) is 7.77. The fraction of sp³-hybridized carbons (Fsp3) is 0.222. The van der Waals surface area contributed by atoms with Gasteiger partial charge in [-0.2, -0.15) is 0 Å². The lowest BCUT2D eigenvalue weighted by atomic mass is 10.2. The van der Waals surface area contributed by atoms with E-state index in [4.69, 9.17) is 4.74 Å². The van der Waals surface area contributed by atoms with Gasteiger partial charge >= 0.3 is 0 Å². The standard InChI is InChI=1S/C18H17N3O2/c22-18(12-5-2-1-3-6-12)19-13-8-9-14-15(11-13)21-17(20-14)16-7-4-10-23-16/h1-3,5-6,8-9,11,16H,4,7,10H2,(H,19,22)(H,20,21)/t16-/m0/s1. The van der Waals surface area contributed by atoms with E-state index in [1.165, 1.54) is 0 Å². The van der Waals surface area contributed by atoms with Crippen molar-refractivity contribution in [2.24, 2.45) is 0 Å². The molecule has 1 aliphatic heterocycles. The van der Waals surface area contributed by atoms with Crippen LogP contribution in [0.5, 0.6) is 0 Å². The number of hydrogen-bond donors (Lipinski definition) is 2. The molecule has 2 heterocycles. The number of fused-ring (bicyclic) bond motifs is 1. The molecule has 4 rings (SSSR count). The SMILES string of the molecule is O=C(Nc1ccc2nc([C@@H]3CCCO3)[nH]c2c1)c1ccccc1. The zero-order chi connectivity index (χ0) is 15.6. The van der Waals surface area contributed by atoms with E-state index in [1.807, 2.05) is 36.4 Å². The summed E-state index contributed by atoms with van der Waals surface area (Å²) >= 11 is 0. The Kier molecular flexibility index (Phi) is 3.55. The number of anilines is 1. The predicted octanol–water partition coefficient (Wildman–Crippen LogP) is 3.67. The Balaban J connectivity index is 1.57. The van der Waals surface area contributed by atoms with Crippen molar-refractivity contribution in [3.8, 4) is 0 Å². The van der Waals surface area contributed by atoms with Gasteiger partial charge in [-0.15, -0.1) is 0 Å². The van der Waals surface area contributed by atoms with Crippen molar-refractivity contribution < 1.29 is 9.53 Å². The van der Waals surface area contributed by atoms with Gasteiger partial charge in [0.15, 0.2) is 0 Å². The number of carbonyl (C=O) groups excluding carboxylic acids is 1. The number of nitrogens with one attached hydrogen (secondary N) is 2. The van der Waals surface area contributed by atoms with Gasteiger partial charge in [0.2, 0.25) is 0 Å². The maximum Gasteiger partial charge on any atom is 0.255 e. The number of rotatable bonds is 3. The van der Waals surface area contributed by atoms with Crippen molar-refractivity contribution in [1.82, 2.24) is 9.97 Å². The second-order valence-electron chi connectivity index (χ2n) is 5.68. The highest BCUT2D eigenvalue weighted by atomic mass is 16.5. The summed E-state index contributed by atoms with van der Waals surface area (Å²) in [6.07, 6.45) is 2.13. The van der Waals surface area contributed by atoms with Gasteiger partial charge in [0.25, 0.3) is 5.91 Å². The highest BCUT2D eigenvalue weighted by Crippen LogP contribution is 2.28. The summed E-state index contributed by atoms with van der Waals surface area (Å²) in [6.45, 7) is 0.792. The minimum Gasteiger partial charge on any atom is -0.370 e. The molecular formula is C18H17N3O2. The van der Waals surface area contributed by atoms with E-state index < -0.39 is 0 Å². The number of aromatic amines is 1. The molecule has 2 N–H and O–H groups in total. The molecule has 0 unspecified atom stereocenters. The zero-order valence-electron chi connectivity index (χ0n) is 12.6. The summed E-state index contributed by atoms with van der Waals surface area (Å²) in [6, 6.07) is 14.8. The molecule has 1 fully saturated rings. The van der Waals surface area contributed by atoms with Gasteiger partial charge in [0.05, 0.1) is 11.0 Å². The molecule has 23 heavy (non-hydrogen) atoms. The molecule has 1 amide bonds. The third kappa shape index (κ3) is 2.83. The molecule has 1 saturated heterocycles. The topological polar surface area (TPSA) is 67.0 Å². The van der Waals surface area contributed by atoms with Crippen molar-refractivity contribution in [2.45, 2.75) is 18.9 Å². The molecular weight excluding hydrogens is 290 g/mol. The van der Waals surface area contributed by atoms with Crippen LogP contribution in [0.3, 0.4) is 0 Å². The maximum absolute atomic E-state index is 12.2. The molecule has 5 heteroatoms. The number of H-pyrrole nitrogens is 1. The lowest BCUT2D eigenvalue weighted by Gasteiger charge is -2.05. The van der Waals surface area contributed by atoms with Crippen LogP contribution < -0.4 is 5.32 Å². The molecule has 0 saturated carbocycles. The molecule has 0 spiro atoms. The number of carbonyl (C=O) groups is 1. The Labute approximate surface area is 133 Å². The Bertz CT molecular complexity index is 836.